The molecular formula is C29H24Br2O2S2. The summed E-state index contributed by atoms with van der Waals surface area (Å²) in [5.74, 6) is 2.05. The first-order valence-electron chi connectivity index (χ1n) is 11.0. The molecule has 0 aromatic heterocycles. The average Bonchev–Trinajstić information content (AvgIpc) is 2.90. The highest BCUT2D eigenvalue weighted by molar-refractivity contribution is 9.10. The van der Waals surface area contributed by atoms with Crippen molar-refractivity contribution in [2.24, 2.45) is 5.41 Å². The lowest BCUT2D eigenvalue weighted by atomic mass is 9.92. The van der Waals surface area contributed by atoms with Crippen molar-refractivity contribution >= 4 is 78.5 Å². The first kappa shape index (κ1) is 26.1. The maximum atomic E-state index is 12.7. The van der Waals surface area contributed by atoms with E-state index in [9.17, 15) is 4.79 Å². The molecule has 0 bridgehead atoms. The molecule has 0 saturated carbocycles. The van der Waals surface area contributed by atoms with Crippen LogP contribution in [0.1, 0.15) is 5.56 Å². The van der Waals surface area contributed by atoms with E-state index in [1.165, 1.54) is 0 Å². The summed E-state index contributed by atoms with van der Waals surface area (Å²) in [5, 5.41) is 2.24. The average molecular weight is 628 g/mol. The summed E-state index contributed by atoms with van der Waals surface area (Å²) in [5.41, 5.74) is 0.316. The molecule has 0 amide bonds. The van der Waals surface area contributed by atoms with Gasteiger partial charge in [0.1, 0.15) is 12.0 Å². The van der Waals surface area contributed by atoms with Crippen LogP contribution in [0.4, 0.5) is 0 Å². The van der Waals surface area contributed by atoms with Gasteiger partial charge in [0.25, 0.3) is 0 Å². The molecule has 4 aromatic carbocycles. The minimum absolute atomic E-state index is 0.630. The van der Waals surface area contributed by atoms with Gasteiger partial charge in [0.2, 0.25) is 0 Å². The molecule has 35 heavy (non-hydrogen) atoms. The lowest BCUT2D eigenvalue weighted by Gasteiger charge is -2.24. The molecule has 0 fully saturated rings. The van der Waals surface area contributed by atoms with Gasteiger partial charge in [-0.25, -0.2) is 0 Å². The molecule has 0 N–H and O–H groups in total. The normalized spacial score (nSPS) is 11.7. The molecule has 4 rings (SSSR count). The largest absolute Gasteiger partial charge is 0.496 e. The molecule has 4 aromatic rings. The Bertz CT molecular complexity index is 1270. The van der Waals surface area contributed by atoms with Crippen LogP contribution in [-0.4, -0.2) is 24.9 Å². The lowest BCUT2D eigenvalue weighted by molar-refractivity contribution is -0.112. The number of hydrogen-bond donors (Lipinski definition) is 0. The number of aldehydes is 1. The molecule has 178 valence electrons. The van der Waals surface area contributed by atoms with Crippen LogP contribution in [0.25, 0.3) is 16.8 Å². The van der Waals surface area contributed by atoms with Crippen molar-refractivity contribution in [1.82, 2.24) is 0 Å². The van der Waals surface area contributed by atoms with Crippen LogP contribution >= 0.6 is 55.4 Å². The third-order valence-corrected chi connectivity index (χ3v) is 9.24. The highest BCUT2D eigenvalue weighted by Gasteiger charge is 2.28. The standard InChI is InChI=1S/C29H24Br2O2S2/c1-33-28-15-6-21-4-2-3-5-26(21)27(28)16-17-29(18-32,19-34-24-11-7-22(30)8-12-24)20-35-25-13-9-23(31)10-14-25/h2-18H,19-20H2,1H3/b17-16+. The molecule has 0 radical (unpaired) electrons. The Morgan fingerprint density at radius 3 is 1.91 bits per heavy atom. The molecule has 0 aliphatic carbocycles. The Morgan fingerprint density at radius 2 is 1.37 bits per heavy atom. The van der Waals surface area contributed by atoms with E-state index in [-0.39, 0.29) is 0 Å². The van der Waals surface area contributed by atoms with Crippen molar-refractivity contribution in [1.29, 1.82) is 0 Å². The summed E-state index contributed by atoms with van der Waals surface area (Å²) >= 11 is 10.4. The van der Waals surface area contributed by atoms with Crippen LogP contribution in [0.5, 0.6) is 5.75 Å². The van der Waals surface area contributed by atoms with E-state index in [1.54, 1.807) is 30.6 Å². The van der Waals surface area contributed by atoms with Gasteiger partial charge in [-0.3, -0.25) is 0 Å². The minimum Gasteiger partial charge on any atom is -0.496 e. The predicted molar refractivity (Wildman–Crippen MR) is 158 cm³/mol. The fourth-order valence-electron chi connectivity index (χ4n) is 3.62. The second-order valence-electron chi connectivity index (χ2n) is 8.07. The van der Waals surface area contributed by atoms with Crippen molar-refractivity contribution in [3.8, 4) is 5.75 Å². The van der Waals surface area contributed by atoms with Gasteiger partial charge in [-0.15, -0.1) is 23.5 Å². The monoisotopic (exact) mass is 626 g/mol. The Labute approximate surface area is 231 Å². The van der Waals surface area contributed by atoms with E-state index in [0.29, 0.717) is 11.5 Å². The van der Waals surface area contributed by atoms with Gasteiger partial charge in [-0.1, -0.05) is 74.3 Å². The topological polar surface area (TPSA) is 26.3 Å². The number of benzene rings is 4. The van der Waals surface area contributed by atoms with Crippen molar-refractivity contribution in [2.45, 2.75) is 9.79 Å². The number of carbonyl (C=O) groups is 1. The number of rotatable bonds is 10. The van der Waals surface area contributed by atoms with E-state index in [4.69, 9.17) is 4.74 Å². The molecule has 0 spiro atoms. The van der Waals surface area contributed by atoms with Gasteiger partial charge in [0, 0.05) is 35.8 Å². The van der Waals surface area contributed by atoms with Gasteiger partial charge in [0.15, 0.2) is 0 Å². The Kier molecular flexibility index (Phi) is 9.17. The fraction of sp³-hybridized carbons (Fsp3) is 0.138. The molecule has 2 nitrogen and oxygen atoms in total. The number of hydrogen-bond acceptors (Lipinski definition) is 4. The van der Waals surface area contributed by atoms with Crippen LogP contribution in [0.3, 0.4) is 0 Å². The van der Waals surface area contributed by atoms with Crippen molar-refractivity contribution in [3.05, 3.63) is 106 Å². The third-order valence-electron chi connectivity index (χ3n) is 5.61. The van der Waals surface area contributed by atoms with Crippen molar-refractivity contribution in [3.63, 3.8) is 0 Å². The minimum atomic E-state index is -0.669. The quantitative estimate of drug-likeness (QED) is 0.129. The first-order valence-corrected chi connectivity index (χ1v) is 14.6. The highest BCUT2D eigenvalue weighted by Crippen LogP contribution is 2.37. The first-order chi connectivity index (χ1) is 17.0. The Balaban J connectivity index is 1.67. The Hall–Kier alpha value is -1.99. The van der Waals surface area contributed by atoms with E-state index in [1.807, 2.05) is 42.5 Å². The number of ether oxygens (including phenoxy) is 1. The van der Waals surface area contributed by atoms with E-state index >= 15 is 0 Å². The van der Waals surface area contributed by atoms with Crippen LogP contribution in [0.2, 0.25) is 0 Å². The molecule has 0 aliphatic rings. The zero-order valence-electron chi connectivity index (χ0n) is 19.1. The SMILES string of the molecule is COc1ccc2ccccc2c1/C=C/C(C=O)(CSc1ccc(Br)cc1)CSc1ccc(Br)cc1. The summed E-state index contributed by atoms with van der Waals surface area (Å²) in [4.78, 5) is 15.0. The zero-order valence-corrected chi connectivity index (χ0v) is 23.9. The van der Waals surface area contributed by atoms with E-state index in [0.717, 1.165) is 47.1 Å². The van der Waals surface area contributed by atoms with Gasteiger partial charge >= 0.3 is 0 Å². The summed E-state index contributed by atoms with van der Waals surface area (Å²) in [6, 6.07) is 28.7. The van der Waals surface area contributed by atoms with Gasteiger partial charge in [0.05, 0.1) is 12.5 Å². The van der Waals surface area contributed by atoms with Gasteiger partial charge in [-0.05, 0) is 65.4 Å². The molecule has 0 aliphatic heterocycles. The maximum absolute atomic E-state index is 12.7. The fourth-order valence-corrected chi connectivity index (χ4v) is 6.34. The van der Waals surface area contributed by atoms with Crippen LogP contribution in [0, 0.1) is 5.41 Å². The highest BCUT2D eigenvalue weighted by atomic mass is 79.9. The summed E-state index contributed by atoms with van der Waals surface area (Å²) in [6.45, 7) is 0. The summed E-state index contributed by atoms with van der Waals surface area (Å²) < 4.78 is 7.75. The maximum Gasteiger partial charge on any atom is 0.131 e. The summed E-state index contributed by atoms with van der Waals surface area (Å²) in [6.07, 6.45) is 5.21. The van der Waals surface area contributed by atoms with E-state index < -0.39 is 5.41 Å². The third kappa shape index (κ3) is 6.82. The number of methoxy groups -OCH3 is 1. The predicted octanol–water partition coefficient (Wildman–Crippen LogP) is 9.16. The number of fused-ring (bicyclic) bond motifs is 1. The summed E-state index contributed by atoms with van der Waals surface area (Å²) in [7, 11) is 1.68. The number of carbonyl (C=O) groups excluding carboxylic acids is 1. The van der Waals surface area contributed by atoms with Crippen LogP contribution in [-0.2, 0) is 4.79 Å². The van der Waals surface area contributed by atoms with Crippen molar-refractivity contribution < 1.29 is 9.53 Å². The number of allylic oxidation sites excluding steroid dienone is 1. The molecule has 6 heteroatoms. The molecular weight excluding hydrogens is 604 g/mol. The number of thioether (sulfide) groups is 2. The second-order valence-corrected chi connectivity index (χ2v) is 12.0. The molecule has 0 atom stereocenters. The van der Waals surface area contributed by atoms with Crippen molar-refractivity contribution in [2.75, 3.05) is 18.6 Å². The van der Waals surface area contributed by atoms with Gasteiger partial charge in [-0.2, -0.15) is 0 Å². The smallest absolute Gasteiger partial charge is 0.131 e. The Morgan fingerprint density at radius 1 is 0.800 bits per heavy atom. The molecule has 0 saturated heterocycles. The van der Waals surface area contributed by atoms with Crippen LogP contribution < -0.4 is 4.74 Å². The van der Waals surface area contributed by atoms with Gasteiger partial charge < -0.3 is 9.53 Å². The lowest BCUT2D eigenvalue weighted by Crippen LogP contribution is -2.26. The molecule has 0 heterocycles. The molecule has 0 unspecified atom stereocenters. The van der Waals surface area contributed by atoms with Crippen LogP contribution in [0.15, 0.2) is 110 Å². The zero-order chi connectivity index (χ0) is 24.7. The van der Waals surface area contributed by atoms with E-state index in [2.05, 4.69) is 86.5 Å². The number of halogens is 2. The second kappa shape index (κ2) is 12.3.